The van der Waals surface area contributed by atoms with Crippen molar-refractivity contribution in [3.8, 4) is 0 Å². The Morgan fingerprint density at radius 2 is 2.58 bits per heavy atom. The minimum atomic E-state index is -0.340. The molecule has 2 saturated heterocycles. The Balaban J connectivity index is 1.66. The van der Waals surface area contributed by atoms with Crippen LogP contribution in [-0.2, 0) is 16.1 Å². The van der Waals surface area contributed by atoms with Crippen molar-refractivity contribution in [1.29, 1.82) is 0 Å². The van der Waals surface area contributed by atoms with Gasteiger partial charge in [0.2, 0.25) is 11.8 Å². The smallest absolute Gasteiger partial charge is 0.244 e. The first kappa shape index (κ1) is 12.5. The van der Waals surface area contributed by atoms with Gasteiger partial charge in [-0.05, 0) is 19.4 Å². The van der Waals surface area contributed by atoms with Crippen molar-refractivity contribution < 1.29 is 9.59 Å². The molecular formula is C12H16N4O2S. The number of hydrogen-bond donors (Lipinski definition) is 2. The lowest BCUT2D eigenvalue weighted by molar-refractivity contribution is -0.138. The van der Waals surface area contributed by atoms with Gasteiger partial charge in [-0.3, -0.25) is 14.7 Å². The molecule has 19 heavy (non-hydrogen) atoms. The summed E-state index contributed by atoms with van der Waals surface area (Å²) in [6.45, 7) is 2.46. The van der Waals surface area contributed by atoms with E-state index in [1.165, 1.54) is 0 Å². The average Bonchev–Trinajstić information content (AvgIpc) is 3.06. The lowest BCUT2D eigenvalue weighted by atomic mass is 10.2. The number of carbonyl (C=O) groups is 2. The molecule has 2 atom stereocenters. The minimum absolute atomic E-state index is 0.0823. The molecule has 0 spiro atoms. The molecule has 2 fully saturated rings. The number of aromatic amines is 1. The molecule has 2 aliphatic rings. The fraction of sp³-hybridized carbons (Fsp3) is 0.583. The second-order valence-corrected chi connectivity index (χ2v) is 6.57. The zero-order valence-electron chi connectivity index (χ0n) is 10.7. The third-order valence-corrected chi connectivity index (χ3v) is 5.26. The van der Waals surface area contributed by atoms with E-state index in [0.29, 0.717) is 18.7 Å². The molecule has 0 aromatic carbocycles. The van der Waals surface area contributed by atoms with Gasteiger partial charge in [-0.1, -0.05) is 0 Å². The van der Waals surface area contributed by atoms with Gasteiger partial charge in [-0.25, -0.2) is 0 Å². The second kappa shape index (κ2) is 4.56. The largest absolute Gasteiger partial charge is 0.349 e. The Bertz CT molecular complexity index is 504. The van der Waals surface area contributed by atoms with E-state index in [0.717, 1.165) is 12.1 Å². The van der Waals surface area contributed by atoms with Crippen LogP contribution in [0.3, 0.4) is 0 Å². The van der Waals surface area contributed by atoms with Crippen LogP contribution in [0.2, 0.25) is 0 Å². The van der Waals surface area contributed by atoms with E-state index < -0.39 is 0 Å². The van der Waals surface area contributed by atoms with Crippen LogP contribution >= 0.6 is 11.8 Å². The fourth-order valence-electron chi connectivity index (χ4n) is 2.70. The van der Waals surface area contributed by atoms with Gasteiger partial charge in [-0.15, -0.1) is 11.8 Å². The number of aromatic nitrogens is 2. The molecule has 2 amide bonds. The number of nitrogens with zero attached hydrogens (tertiary/aromatic N) is 2. The summed E-state index contributed by atoms with van der Waals surface area (Å²) in [4.78, 5) is 25.7. The van der Waals surface area contributed by atoms with Gasteiger partial charge in [0, 0.05) is 18.4 Å². The van der Waals surface area contributed by atoms with Gasteiger partial charge in [0.05, 0.1) is 17.1 Å². The van der Waals surface area contributed by atoms with Crippen molar-refractivity contribution in [2.24, 2.45) is 0 Å². The number of nitrogens with one attached hydrogen (secondary N) is 2. The molecule has 0 aliphatic carbocycles. The highest BCUT2D eigenvalue weighted by Crippen LogP contribution is 2.47. The lowest BCUT2D eigenvalue weighted by Gasteiger charge is -2.29. The molecule has 0 saturated carbocycles. The fourth-order valence-corrected chi connectivity index (χ4v) is 4.13. The van der Waals surface area contributed by atoms with Crippen LogP contribution < -0.4 is 5.32 Å². The zero-order valence-corrected chi connectivity index (χ0v) is 11.5. The molecule has 0 unspecified atom stereocenters. The summed E-state index contributed by atoms with van der Waals surface area (Å²) in [5.41, 5.74) is 0.856. The van der Waals surface area contributed by atoms with Crippen molar-refractivity contribution >= 4 is 23.6 Å². The van der Waals surface area contributed by atoms with Crippen molar-refractivity contribution in [2.75, 3.05) is 5.75 Å². The van der Waals surface area contributed by atoms with Gasteiger partial charge in [0.15, 0.2) is 0 Å². The summed E-state index contributed by atoms with van der Waals surface area (Å²) in [5.74, 6) is 0.687. The highest BCUT2D eigenvalue weighted by atomic mass is 32.2. The predicted octanol–water partition coefficient (Wildman–Crippen LogP) is 0.480. The Hall–Kier alpha value is -1.50. The standard InChI is InChI=1S/C12H16N4O2S/c1-12-4-2-10(17)16(12)9(7-19-12)11(18)13-6-8-3-5-14-15-8/h3,5,9H,2,4,6-7H2,1H3,(H,13,18)(H,14,15)/t9-,12-/m1/s1. The first-order valence-electron chi connectivity index (χ1n) is 6.32. The zero-order chi connectivity index (χ0) is 13.5. The average molecular weight is 280 g/mol. The third-order valence-electron chi connectivity index (χ3n) is 3.76. The van der Waals surface area contributed by atoms with Gasteiger partial charge in [-0.2, -0.15) is 5.10 Å². The summed E-state index contributed by atoms with van der Waals surface area (Å²) < 4.78 is 0. The van der Waals surface area contributed by atoms with Crippen LogP contribution in [0.4, 0.5) is 0 Å². The first-order chi connectivity index (χ1) is 9.10. The van der Waals surface area contributed by atoms with Crippen LogP contribution in [-0.4, -0.2) is 43.6 Å². The first-order valence-corrected chi connectivity index (χ1v) is 7.31. The lowest BCUT2D eigenvalue weighted by Crippen LogP contribution is -2.49. The molecule has 2 aliphatic heterocycles. The molecule has 6 nitrogen and oxygen atoms in total. The molecule has 2 N–H and O–H groups in total. The van der Waals surface area contributed by atoms with E-state index in [4.69, 9.17) is 0 Å². The minimum Gasteiger partial charge on any atom is -0.349 e. The van der Waals surface area contributed by atoms with Crippen molar-refractivity contribution in [2.45, 2.75) is 37.2 Å². The number of fused-ring (bicyclic) bond motifs is 1. The Morgan fingerprint density at radius 3 is 3.32 bits per heavy atom. The Morgan fingerprint density at radius 1 is 1.74 bits per heavy atom. The van der Waals surface area contributed by atoms with E-state index in [1.54, 1.807) is 22.9 Å². The molecule has 0 bridgehead atoms. The number of H-pyrrole nitrogens is 1. The number of hydrogen-bond acceptors (Lipinski definition) is 4. The van der Waals surface area contributed by atoms with E-state index in [2.05, 4.69) is 15.5 Å². The topological polar surface area (TPSA) is 78.1 Å². The maximum absolute atomic E-state index is 12.2. The summed E-state index contributed by atoms with van der Waals surface area (Å²) in [7, 11) is 0. The van der Waals surface area contributed by atoms with Crippen LogP contribution in [0.1, 0.15) is 25.5 Å². The SMILES string of the molecule is C[C@@]12CCC(=O)N1[C@@H](C(=O)NCc1ccn[nH]1)CS2. The monoisotopic (exact) mass is 280 g/mol. The molecule has 7 heteroatoms. The van der Waals surface area contributed by atoms with Crippen LogP contribution in [0.5, 0.6) is 0 Å². The maximum atomic E-state index is 12.2. The van der Waals surface area contributed by atoms with Crippen LogP contribution in [0.25, 0.3) is 0 Å². The maximum Gasteiger partial charge on any atom is 0.244 e. The van der Waals surface area contributed by atoms with Crippen molar-refractivity contribution in [3.05, 3.63) is 18.0 Å². The highest BCUT2D eigenvalue weighted by Gasteiger charge is 2.52. The van der Waals surface area contributed by atoms with Crippen molar-refractivity contribution in [1.82, 2.24) is 20.4 Å². The number of carbonyl (C=O) groups excluding carboxylic acids is 2. The summed E-state index contributed by atoms with van der Waals surface area (Å²) in [6, 6.07) is 1.47. The van der Waals surface area contributed by atoms with E-state index >= 15 is 0 Å². The molecule has 1 aromatic heterocycles. The van der Waals surface area contributed by atoms with E-state index in [-0.39, 0.29) is 22.7 Å². The Kier molecular flexibility index (Phi) is 3.00. The summed E-state index contributed by atoms with van der Waals surface area (Å²) in [6.07, 6.45) is 3.03. The van der Waals surface area contributed by atoms with E-state index in [9.17, 15) is 9.59 Å². The third kappa shape index (κ3) is 2.11. The molecule has 1 aromatic rings. The number of thioether (sulfide) groups is 1. The number of rotatable bonds is 3. The normalized spacial score (nSPS) is 29.6. The molecule has 0 radical (unpaired) electrons. The van der Waals surface area contributed by atoms with Crippen LogP contribution in [0.15, 0.2) is 12.3 Å². The van der Waals surface area contributed by atoms with Gasteiger partial charge >= 0.3 is 0 Å². The molecular weight excluding hydrogens is 264 g/mol. The summed E-state index contributed by atoms with van der Waals surface area (Å²) in [5, 5.41) is 9.48. The second-order valence-electron chi connectivity index (χ2n) is 5.07. The highest BCUT2D eigenvalue weighted by molar-refractivity contribution is 8.01. The van der Waals surface area contributed by atoms with E-state index in [1.807, 2.05) is 13.0 Å². The molecule has 3 rings (SSSR count). The van der Waals surface area contributed by atoms with Crippen molar-refractivity contribution in [3.63, 3.8) is 0 Å². The molecule has 3 heterocycles. The van der Waals surface area contributed by atoms with Gasteiger partial charge in [0.1, 0.15) is 6.04 Å². The van der Waals surface area contributed by atoms with Gasteiger partial charge < -0.3 is 10.2 Å². The summed E-state index contributed by atoms with van der Waals surface area (Å²) >= 11 is 1.70. The van der Waals surface area contributed by atoms with Crippen LogP contribution in [0, 0.1) is 0 Å². The quantitative estimate of drug-likeness (QED) is 0.844. The Labute approximate surface area is 115 Å². The molecule has 102 valence electrons. The number of amides is 2. The van der Waals surface area contributed by atoms with Gasteiger partial charge in [0.25, 0.3) is 0 Å². The predicted molar refractivity (Wildman–Crippen MR) is 71.2 cm³/mol.